The minimum absolute atomic E-state index is 0.205. The number of halogens is 1. The van der Waals surface area contributed by atoms with Crippen LogP contribution >= 0.6 is 15.9 Å². The molecule has 0 radical (unpaired) electrons. The number of carbonyl (C=O) groups is 2. The number of hydrogen-bond acceptors (Lipinski definition) is 7. The lowest BCUT2D eigenvalue weighted by Crippen LogP contribution is -2.83. The number of aliphatic hydroxyl groups excluding tert-OH is 1. The molecule has 8 atom stereocenters. The fraction of sp³-hybridized carbons (Fsp3) is 0.536. The maximum Gasteiger partial charge on any atom is 0.331 e. The molecule has 1 aromatic heterocycles. The summed E-state index contributed by atoms with van der Waals surface area (Å²) in [7, 11) is 0. The van der Waals surface area contributed by atoms with Crippen LogP contribution in [0.4, 0.5) is 0 Å². The van der Waals surface area contributed by atoms with Crippen LogP contribution in [0.2, 0.25) is 0 Å². The number of fused-ring (bicyclic) bond motifs is 2. The number of carbonyl (C=O) groups excluding carboxylic acids is 2. The quantitative estimate of drug-likeness (QED) is 0.254. The third-order valence-electron chi connectivity index (χ3n) is 9.61. The number of allylic oxidation sites excluding steroid dienone is 1. The Labute approximate surface area is 218 Å². The first-order valence-electron chi connectivity index (χ1n) is 12.5. The van der Waals surface area contributed by atoms with Crippen LogP contribution in [0.1, 0.15) is 38.8 Å². The lowest BCUT2D eigenvalue weighted by molar-refractivity contribution is -0.436. The maximum absolute atomic E-state index is 14.0. The zero-order valence-electron chi connectivity index (χ0n) is 20.3. The number of Topliss-reactive ketones (excluding diaryl/α,β-unsaturated/α-hetero) is 1. The van der Waals surface area contributed by atoms with Gasteiger partial charge in [-0.25, -0.2) is 9.78 Å². The molecular formula is C28H30BrNO6. The van der Waals surface area contributed by atoms with Gasteiger partial charge in [-0.15, -0.1) is 0 Å². The normalized spacial score (nSPS) is 44.0. The Morgan fingerprint density at radius 2 is 2.11 bits per heavy atom. The summed E-state index contributed by atoms with van der Waals surface area (Å²) in [6, 6.07) is 5.34. The van der Waals surface area contributed by atoms with Gasteiger partial charge in [0.15, 0.2) is 5.78 Å². The van der Waals surface area contributed by atoms with Crippen molar-refractivity contribution in [1.29, 1.82) is 0 Å². The summed E-state index contributed by atoms with van der Waals surface area (Å²) >= 11 is 3.31. The molecule has 4 aliphatic carbocycles. The van der Waals surface area contributed by atoms with Crippen molar-refractivity contribution in [3.05, 3.63) is 58.9 Å². The van der Waals surface area contributed by atoms with E-state index >= 15 is 0 Å². The molecular weight excluding hydrogens is 526 g/mol. The molecule has 0 unspecified atom stereocenters. The van der Waals surface area contributed by atoms with E-state index in [1.54, 1.807) is 18.2 Å². The van der Waals surface area contributed by atoms with Crippen molar-refractivity contribution in [3.63, 3.8) is 0 Å². The molecule has 0 aromatic carbocycles. The average Bonchev–Trinajstić information content (AvgIpc) is 2.93. The number of aliphatic hydroxyl groups is 2. The third kappa shape index (κ3) is 2.81. The standard InChI is InChI=1S/C28H30BrNO6/c1-15-17-9-10-18-26-13-5-12-25(2,3)21(26)23(33)28(34,35-14-26)27(18,22(15)32)24(17)36-20(31)11-8-16-6-4-7-19(29)30-16/h4-8,11,13,17-18,21,23-24,33-34H,1,9-10,12,14H2,2-3H3/b11-8+/t17-,18-,21+,23-,24+,26+,27-,28+/m0/s1. The highest BCUT2D eigenvalue weighted by Crippen LogP contribution is 2.75. The van der Waals surface area contributed by atoms with Gasteiger partial charge in [0.2, 0.25) is 5.79 Å². The molecule has 2 aliphatic heterocycles. The van der Waals surface area contributed by atoms with Gasteiger partial charge in [-0.2, -0.15) is 0 Å². The Balaban J connectivity index is 1.44. The van der Waals surface area contributed by atoms with Gasteiger partial charge in [-0.3, -0.25) is 4.79 Å². The second-order valence-electron chi connectivity index (χ2n) is 11.7. The smallest absolute Gasteiger partial charge is 0.331 e. The number of ketones is 1. The molecule has 5 fully saturated rings. The summed E-state index contributed by atoms with van der Waals surface area (Å²) < 4.78 is 12.7. The highest BCUT2D eigenvalue weighted by Gasteiger charge is 2.86. The summed E-state index contributed by atoms with van der Waals surface area (Å²) in [5.74, 6) is -4.29. The average molecular weight is 556 g/mol. The minimum atomic E-state index is -2.18. The maximum atomic E-state index is 14.0. The fourth-order valence-electron chi connectivity index (χ4n) is 8.38. The minimum Gasteiger partial charge on any atom is -0.457 e. The van der Waals surface area contributed by atoms with E-state index in [1.807, 2.05) is 0 Å². The first kappa shape index (κ1) is 24.2. The van der Waals surface area contributed by atoms with Gasteiger partial charge in [0, 0.05) is 23.3 Å². The van der Waals surface area contributed by atoms with E-state index in [0.717, 1.165) is 6.42 Å². The topological polar surface area (TPSA) is 106 Å². The number of rotatable bonds is 3. The summed E-state index contributed by atoms with van der Waals surface area (Å²) in [4.78, 5) is 31.4. The second-order valence-corrected chi connectivity index (χ2v) is 12.5. The Morgan fingerprint density at radius 3 is 2.86 bits per heavy atom. The van der Waals surface area contributed by atoms with E-state index in [0.29, 0.717) is 28.7 Å². The van der Waals surface area contributed by atoms with Gasteiger partial charge in [-0.05, 0) is 70.3 Å². The van der Waals surface area contributed by atoms with Crippen LogP contribution in [-0.2, 0) is 19.1 Å². The summed E-state index contributed by atoms with van der Waals surface area (Å²) in [6.07, 6.45) is 6.71. The van der Waals surface area contributed by atoms with Crippen molar-refractivity contribution in [3.8, 4) is 0 Å². The first-order chi connectivity index (χ1) is 17.0. The number of aromatic nitrogens is 1. The Morgan fingerprint density at radius 1 is 1.33 bits per heavy atom. The third-order valence-corrected chi connectivity index (χ3v) is 10.1. The Hall–Kier alpha value is -2.13. The molecule has 6 aliphatic rings. The highest BCUT2D eigenvalue weighted by molar-refractivity contribution is 9.10. The number of esters is 1. The molecule has 2 N–H and O–H groups in total. The van der Waals surface area contributed by atoms with E-state index < -0.39 is 40.7 Å². The van der Waals surface area contributed by atoms with Crippen molar-refractivity contribution >= 4 is 33.8 Å². The highest BCUT2D eigenvalue weighted by atomic mass is 79.9. The van der Waals surface area contributed by atoms with Gasteiger partial charge in [-0.1, -0.05) is 38.6 Å². The van der Waals surface area contributed by atoms with Crippen LogP contribution in [-0.4, -0.2) is 51.6 Å². The van der Waals surface area contributed by atoms with E-state index in [4.69, 9.17) is 9.47 Å². The van der Waals surface area contributed by atoms with Crippen molar-refractivity contribution in [2.24, 2.45) is 34.0 Å². The van der Waals surface area contributed by atoms with E-state index in [2.05, 4.69) is 53.5 Å². The van der Waals surface area contributed by atoms with Gasteiger partial charge in [0.1, 0.15) is 22.2 Å². The monoisotopic (exact) mass is 555 g/mol. The molecule has 1 aromatic rings. The van der Waals surface area contributed by atoms with Crippen LogP contribution in [0.5, 0.6) is 0 Å². The number of nitrogens with zero attached hydrogens (tertiary/aromatic N) is 1. The molecule has 0 amide bonds. The largest absolute Gasteiger partial charge is 0.457 e. The van der Waals surface area contributed by atoms with E-state index in [1.165, 1.54) is 12.2 Å². The van der Waals surface area contributed by atoms with Gasteiger partial charge in [0.25, 0.3) is 0 Å². The van der Waals surface area contributed by atoms with Crippen molar-refractivity contribution < 1.29 is 29.3 Å². The van der Waals surface area contributed by atoms with Crippen LogP contribution in [0.3, 0.4) is 0 Å². The Kier molecular flexibility index (Phi) is 5.18. The molecule has 3 heterocycles. The van der Waals surface area contributed by atoms with Crippen molar-refractivity contribution in [2.45, 2.75) is 51.1 Å². The van der Waals surface area contributed by atoms with Crippen LogP contribution in [0.15, 0.2) is 53.2 Å². The predicted octanol–water partition coefficient (Wildman–Crippen LogP) is 3.60. The predicted molar refractivity (Wildman–Crippen MR) is 134 cm³/mol. The van der Waals surface area contributed by atoms with Crippen molar-refractivity contribution in [2.75, 3.05) is 6.61 Å². The number of ether oxygens (including phenoxy) is 2. The number of hydrogen-bond donors (Lipinski definition) is 2. The first-order valence-corrected chi connectivity index (χ1v) is 13.3. The molecule has 190 valence electrons. The van der Waals surface area contributed by atoms with Gasteiger partial charge in [0.05, 0.1) is 12.3 Å². The lowest BCUT2D eigenvalue weighted by Gasteiger charge is -2.72. The van der Waals surface area contributed by atoms with Crippen molar-refractivity contribution in [1.82, 2.24) is 4.98 Å². The summed E-state index contributed by atoms with van der Waals surface area (Å²) in [6.45, 7) is 8.43. The molecule has 36 heavy (non-hydrogen) atoms. The zero-order valence-corrected chi connectivity index (χ0v) is 21.9. The lowest BCUT2D eigenvalue weighted by atomic mass is 9.37. The Bertz CT molecular complexity index is 1240. The number of pyridine rings is 1. The van der Waals surface area contributed by atoms with Crippen LogP contribution in [0, 0.1) is 34.0 Å². The van der Waals surface area contributed by atoms with Crippen LogP contribution < -0.4 is 0 Å². The molecule has 3 saturated carbocycles. The molecule has 8 heteroatoms. The molecule has 7 rings (SSSR count). The van der Waals surface area contributed by atoms with Crippen LogP contribution in [0.25, 0.3) is 6.08 Å². The van der Waals surface area contributed by atoms with Gasteiger partial charge < -0.3 is 19.7 Å². The second kappa shape index (κ2) is 7.69. The molecule has 4 bridgehead atoms. The van der Waals surface area contributed by atoms with Gasteiger partial charge >= 0.3 is 5.97 Å². The summed E-state index contributed by atoms with van der Waals surface area (Å²) in [5.41, 5.74) is -1.69. The molecule has 2 saturated heterocycles. The molecule has 7 nitrogen and oxygen atoms in total. The molecule has 2 spiro atoms. The zero-order chi connectivity index (χ0) is 25.7. The van der Waals surface area contributed by atoms with E-state index in [9.17, 15) is 19.8 Å². The fourth-order valence-corrected chi connectivity index (χ4v) is 8.74. The SMILES string of the molecule is C=C1C(=O)[C@]23[C@H](OC(=O)/C=C/c4cccc(Br)n4)[C@H]1CC[C@H]2[C@]12C=CCC(C)(C)[C@H]1[C@H](O)[C@@]3(O)OC2. The summed E-state index contributed by atoms with van der Waals surface area (Å²) in [5, 5.41) is 23.9. The van der Waals surface area contributed by atoms with E-state index in [-0.39, 0.29) is 29.6 Å².